The Hall–Kier alpha value is -1.32. The zero-order valence-corrected chi connectivity index (χ0v) is 19.8. The summed E-state index contributed by atoms with van der Waals surface area (Å²) >= 11 is 1.82. The number of rotatable bonds is 7. The summed E-state index contributed by atoms with van der Waals surface area (Å²) in [5.41, 5.74) is 1.16. The van der Waals surface area contributed by atoms with Gasteiger partial charge < -0.3 is 20.3 Å². The highest BCUT2D eigenvalue weighted by molar-refractivity contribution is 14.0. The Morgan fingerprint density at radius 2 is 1.96 bits per heavy atom. The molecule has 0 saturated carbocycles. The van der Waals surface area contributed by atoms with E-state index in [1.54, 1.807) is 7.11 Å². The maximum absolute atomic E-state index is 5.64. The van der Waals surface area contributed by atoms with Crippen LogP contribution in [0.2, 0.25) is 0 Å². The third-order valence-electron chi connectivity index (χ3n) is 4.87. The molecule has 0 aliphatic carbocycles. The number of methoxy groups -OCH3 is 1. The number of nitrogens with zero attached hydrogens (tertiary/aromatic N) is 2. The van der Waals surface area contributed by atoms with Gasteiger partial charge in [0.15, 0.2) is 5.96 Å². The minimum Gasteiger partial charge on any atom is -0.375 e. The Kier molecular flexibility index (Phi) is 10.1. The van der Waals surface area contributed by atoms with Gasteiger partial charge in [-0.25, -0.2) is 0 Å². The van der Waals surface area contributed by atoms with E-state index in [0.717, 1.165) is 44.0 Å². The number of halogens is 1. The smallest absolute Gasteiger partial charge is 0.191 e. The Morgan fingerprint density at radius 1 is 1.21 bits per heavy atom. The molecule has 2 aromatic rings. The van der Waals surface area contributed by atoms with Crippen molar-refractivity contribution in [3.63, 3.8) is 0 Å². The summed E-state index contributed by atoms with van der Waals surface area (Å²) in [4.78, 5) is 7.26. The molecular formula is C21H31IN4OS. The van der Waals surface area contributed by atoms with Gasteiger partial charge in [0, 0.05) is 32.8 Å². The first-order valence-electron chi connectivity index (χ1n) is 9.71. The molecule has 28 heavy (non-hydrogen) atoms. The second-order valence-corrected chi connectivity index (χ2v) is 7.64. The molecule has 0 amide bonds. The molecule has 1 aliphatic heterocycles. The number of aliphatic imine (C=N–C) groups is 1. The molecule has 1 unspecified atom stereocenters. The number of nitrogens with one attached hydrogen (secondary N) is 2. The Balaban J connectivity index is 0.00000280. The molecule has 0 spiro atoms. The normalized spacial score (nSPS) is 16.4. The van der Waals surface area contributed by atoms with Gasteiger partial charge >= 0.3 is 0 Å². The number of thiophene rings is 1. The van der Waals surface area contributed by atoms with E-state index in [0.29, 0.717) is 12.6 Å². The summed E-state index contributed by atoms with van der Waals surface area (Å²) in [6.45, 7) is 5.72. The molecule has 5 nitrogen and oxygen atoms in total. The quantitative estimate of drug-likeness (QED) is 0.329. The third-order valence-corrected chi connectivity index (χ3v) is 5.80. The Morgan fingerprint density at radius 3 is 2.57 bits per heavy atom. The van der Waals surface area contributed by atoms with Crippen LogP contribution in [0.15, 0.2) is 52.8 Å². The summed E-state index contributed by atoms with van der Waals surface area (Å²) in [6.07, 6.45) is 2.21. The first kappa shape index (κ1) is 23.0. The van der Waals surface area contributed by atoms with Gasteiger partial charge in [0.1, 0.15) is 6.10 Å². The van der Waals surface area contributed by atoms with Crippen molar-refractivity contribution in [1.82, 2.24) is 10.6 Å². The molecule has 1 aromatic heterocycles. The highest BCUT2D eigenvalue weighted by Crippen LogP contribution is 2.24. The standard InChI is InChI=1S/C21H30N4OS.HI/c1-3-22-21(23-16-19(26-2)17-8-5-4-6-9-17)24-18-11-13-25(14-12-18)20-10-7-15-27-20;/h4-10,15,18-19H,3,11-14,16H2,1-2H3,(H2,22,23,24);1H. The van der Waals surface area contributed by atoms with E-state index in [-0.39, 0.29) is 30.1 Å². The molecule has 3 rings (SSSR count). The van der Waals surface area contributed by atoms with Crippen LogP contribution in [0.3, 0.4) is 0 Å². The lowest BCUT2D eigenvalue weighted by Crippen LogP contribution is -2.48. The number of benzene rings is 1. The minimum atomic E-state index is -0.0256. The summed E-state index contributed by atoms with van der Waals surface area (Å²) in [5, 5.41) is 10.5. The summed E-state index contributed by atoms with van der Waals surface area (Å²) in [6, 6.07) is 15.1. The zero-order valence-electron chi connectivity index (χ0n) is 16.6. The number of piperidine rings is 1. The maximum atomic E-state index is 5.64. The van der Waals surface area contributed by atoms with Crippen LogP contribution in [0.25, 0.3) is 0 Å². The van der Waals surface area contributed by atoms with E-state index in [1.807, 2.05) is 29.5 Å². The van der Waals surface area contributed by atoms with Crippen LogP contribution in [0.4, 0.5) is 5.00 Å². The number of anilines is 1. The molecule has 2 N–H and O–H groups in total. The van der Waals surface area contributed by atoms with E-state index in [4.69, 9.17) is 9.73 Å². The van der Waals surface area contributed by atoms with E-state index in [9.17, 15) is 0 Å². The van der Waals surface area contributed by atoms with Gasteiger partial charge in [-0.3, -0.25) is 4.99 Å². The first-order valence-corrected chi connectivity index (χ1v) is 10.6. The fraction of sp³-hybridized carbons (Fsp3) is 0.476. The topological polar surface area (TPSA) is 48.9 Å². The van der Waals surface area contributed by atoms with Gasteiger partial charge in [-0.2, -0.15) is 0 Å². The van der Waals surface area contributed by atoms with Crippen LogP contribution < -0.4 is 15.5 Å². The van der Waals surface area contributed by atoms with Gasteiger partial charge in [-0.1, -0.05) is 30.3 Å². The summed E-state index contributed by atoms with van der Waals surface area (Å²) in [5.74, 6) is 0.880. The highest BCUT2D eigenvalue weighted by atomic mass is 127. The predicted molar refractivity (Wildman–Crippen MR) is 130 cm³/mol. The highest BCUT2D eigenvalue weighted by Gasteiger charge is 2.21. The van der Waals surface area contributed by atoms with Gasteiger partial charge in [0.2, 0.25) is 0 Å². The molecule has 0 radical (unpaired) electrons. The lowest BCUT2D eigenvalue weighted by atomic mass is 10.1. The molecule has 1 atom stereocenters. The number of hydrogen-bond donors (Lipinski definition) is 2. The molecule has 1 fully saturated rings. The van der Waals surface area contributed by atoms with E-state index >= 15 is 0 Å². The summed E-state index contributed by atoms with van der Waals surface area (Å²) in [7, 11) is 1.74. The second kappa shape index (κ2) is 12.3. The minimum absolute atomic E-state index is 0. The van der Waals surface area contributed by atoms with Crippen LogP contribution in [-0.4, -0.2) is 45.3 Å². The van der Waals surface area contributed by atoms with Crippen molar-refractivity contribution < 1.29 is 4.74 Å². The van der Waals surface area contributed by atoms with E-state index in [1.165, 1.54) is 5.00 Å². The molecule has 1 saturated heterocycles. The van der Waals surface area contributed by atoms with Crippen molar-refractivity contribution in [2.45, 2.75) is 31.9 Å². The van der Waals surface area contributed by atoms with Crippen molar-refractivity contribution in [2.24, 2.45) is 4.99 Å². The molecule has 1 aliphatic rings. The monoisotopic (exact) mass is 514 g/mol. The third kappa shape index (κ3) is 6.63. The van der Waals surface area contributed by atoms with Crippen molar-refractivity contribution in [3.8, 4) is 0 Å². The van der Waals surface area contributed by atoms with Crippen molar-refractivity contribution in [1.29, 1.82) is 0 Å². The fourth-order valence-electron chi connectivity index (χ4n) is 3.37. The zero-order chi connectivity index (χ0) is 18.9. The molecule has 154 valence electrons. The van der Waals surface area contributed by atoms with Crippen LogP contribution in [0.1, 0.15) is 31.4 Å². The van der Waals surface area contributed by atoms with Crippen LogP contribution >= 0.6 is 35.3 Å². The van der Waals surface area contributed by atoms with Gasteiger partial charge in [0.25, 0.3) is 0 Å². The molecule has 1 aromatic carbocycles. The van der Waals surface area contributed by atoms with Gasteiger partial charge in [-0.15, -0.1) is 35.3 Å². The molecular weight excluding hydrogens is 483 g/mol. The van der Waals surface area contributed by atoms with E-state index in [2.05, 4.69) is 52.1 Å². The van der Waals surface area contributed by atoms with Crippen molar-refractivity contribution in [3.05, 3.63) is 53.4 Å². The van der Waals surface area contributed by atoms with Gasteiger partial charge in [-0.05, 0) is 42.8 Å². The fourth-order valence-corrected chi connectivity index (χ4v) is 4.15. The second-order valence-electron chi connectivity index (χ2n) is 6.71. The van der Waals surface area contributed by atoms with Crippen molar-refractivity contribution >= 4 is 46.3 Å². The number of guanidine groups is 1. The molecule has 2 heterocycles. The van der Waals surface area contributed by atoms with Crippen LogP contribution in [-0.2, 0) is 4.74 Å². The maximum Gasteiger partial charge on any atom is 0.191 e. The average molecular weight is 514 g/mol. The SMILES string of the molecule is CCNC(=NCC(OC)c1ccccc1)NC1CCN(c2cccs2)CC1.I. The van der Waals surface area contributed by atoms with E-state index < -0.39 is 0 Å². The van der Waals surface area contributed by atoms with Crippen molar-refractivity contribution in [2.75, 3.05) is 38.2 Å². The number of ether oxygens (including phenoxy) is 1. The Bertz CT molecular complexity index is 688. The number of hydrogen-bond acceptors (Lipinski definition) is 4. The Labute approximate surface area is 189 Å². The van der Waals surface area contributed by atoms with Crippen LogP contribution in [0.5, 0.6) is 0 Å². The summed E-state index contributed by atoms with van der Waals surface area (Å²) < 4.78 is 5.64. The first-order chi connectivity index (χ1) is 13.3. The average Bonchev–Trinajstić information content (AvgIpc) is 3.25. The molecule has 7 heteroatoms. The van der Waals surface area contributed by atoms with Gasteiger partial charge in [0.05, 0.1) is 11.5 Å². The lowest BCUT2D eigenvalue weighted by molar-refractivity contribution is 0.111. The lowest BCUT2D eigenvalue weighted by Gasteiger charge is -2.33. The predicted octanol–water partition coefficient (Wildman–Crippen LogP) is 4.28. The van der Waals surface area contributed by atoms with Crippen LogP contribution in [0, 0.1) is 0 Å². The molecule has 0 bridgehead atoms. The largest absolute Gasteiger partial charge is 0.375 e.